The molecule has 0 aliphatic heterocycles. The first-order valence-corrected chi connectivity index (χ1v) is 4.83. The zero-order valence-electron chi connectivity index (χ0n) is 9.03. The molecule has 5 nitrogen and oxygen atoms in total. The summed E-state index contributed by atoms with van der Waals surface area (Å²) in [6.45, 7) is 4.94. The predicted molar refractivity (Wildman–Crippen MR) is 55.5 cm³/mol. The molecule has 0 bridgehead atoms. The Morgan fingerprint density at radius 3 is 2.60 bits per heavy atom. The number of carboxylic acid groups (broad SMARTS) is 1. The second kappa shape index (κ2) is 7.99. The molecule has 0 aromatic heterocycles. The van der Waals surface area contributed by atoms with Gasteiger partial charge in [0.05, 0.1) is 6.10 Å². The Kier molecular flexibility index (Phi) is 7.27. The van der Waals surface area contributed by atoms with Gasteiger partial charge in [0.15, 0.2) is 0 Å². The highest BCUT2D eigenvalue weighted by molar-refractivity contribution is 5.93. The van der Waals surface area contributed by atoms with E-state index in [1.807, 2.05) is 13.8 Å². The molecule has 0 heterocycles. The number of ether oxygens (including phenoxy) is 1. The van der Waals surface area contributed by atoms with E-state index in [0.717, 1.165) is 12.2 Å². The molecule has 1 amide bonds. The molecule has 0 aliphatic rings. The molecule has 15 heavy (non-hydrogen) atoms. The van der Waals surface area contributed by atoms with Crippen molar-refractivity contribution >= 4 is 11.9 Å². The molecule has 0 saturated carbocycles. The van der Waals surface area contributed by atoms with Gasteiger partial charge < -0.3 is 15.2 Å². The van der Waals surface area contributed by atoms with Crippen LogP contribution in [-0.2, 0) is 14.3 Å². The first kappa shape index (κ1) is 13.6. The van der Waals surface area contributed by atoms with Crippen LogP contribution >= 0.6 is 0 Å². The van der Waals surface area contributed by atoms with Crippen molar-refractivity contribution in [2.75, 3.05) is 13.2 Å². The number of rotatable bonds is 7. The maximum atomic E-state index is 10.9. The van der Waals surface area contributed by atoms with Crippen molar-refractivity contribution in [3.8, 4) is 0 Å². The van der Waals surface area contributed by atoms with E-state index < -0.39 is 11.9 Å². The summed E-state index contributed by atoms with van der Waals surface area (Å²) >= 11 is 0. The molecule has 5 heteroatoms. The van der Waals surface area contributed by atoms with Gasteiger partial charge in [0, 0.05) is 25.3 Å². The smallest absolute Gasteiger partial charge is 0.328 e. The Balaban J connectivity index is 3.43. The van der Waals surface area contributed by atoms with Gasteiger partial charge in [0.2, 0.25) is 5.91 Å². The van der Waals surface area contributed by atoms with Gasteiger partial charge in [-0.3, -0.25) is 4.79 Å². The zero-order chi connectivity index (χ0) is 11.7. The molecule has 0 aromatic carbocycles. The fraction of sp³-hybridized carbons (Fsp3) is 0.600. The van der Waals surface area contributed by atoms with Crippen LogP contribution in [0.1, 0.15) is 20.3 Å². The van der Waals surface area contributed by atoms with Crippen molar-refractivity contribution in [2.45, 2.75) is 26.4 Å². The van der Waals surface area contributed by atoms with Crippen LogP contribution in [0.15, 0.2) is 12.2 Å². The van der Waals surface area contributed by atoms with Gasteiger partial charge in [-0.25, -0.2) is 4.79 Å². The molecule has 0 aliphatic carbocycles. The molecule has 0 unspecified atom stereocenters. The minimum Gasteiger partial charge on any atom is -0.478 e. The summed E-state index contributed by atoms with van der Waals surface area (Å²) in [5, 5.41) is 10.8. The highest BCUT2D eigenvalue weighted by Crippen LogP contribution is 1.89. The number of aliphatic carboxylic acids is 1. The van der Waals surface area contributed by atoms with Crippen LogP contribution in [0, 0.1) is 0 Å². The summed E-state index contributed by atoms with van der Waals surface area (Å²) in [4.78, 5) is 21.0. The maximum Gasteiger partial charge on any atom is 0.328 e. The lowest BCUT2D eigenvalue weighted by molar-refractivity contribution is -0.131. The zero-order valence-corrected chi connectivity index (χ0v) is 9.03. The molecule has 0 fully saturated rings. The van der Waals surface area contributed by atoms with Gasteiger partial charge in [-0.1, -0.05) is 0 Å². The minimum absolute atomic E-state index is 0.188. The van der Waals surface area contributed by atoms with Gasteiger partial charge in [-0.2, -0.15) is 0 Å². The standard InChI is InChI=1S/C10H17NO4/c1-8(2)15-7-3-6-11-9(12)4-5-10(13)14/h4-5,8H,3,6-7H2,1-2H3,(H,11,12)(H,13,14). The van der Waals surface area contributed by atoms with Crippen molar-refractivity contribution in [2.24, 2.45) is 0 Å². The van der Waals surface area contributed by atoms with Crippen molar-refractivity contribution in [1.29, 1.82) is 0 Å². The molecule has 0 rings (SSSR count). The lowest BCUT2D eigenvalue weighted by Gasteiger charge is -2.06. The quantitative estimate of drug-likeness (QED) is 0.480. The average Bonchev–Trinajstić information content (AvgIpc) is 2.13. The summed E-state index contributed by atoms with van der Waals surface area (Å²) in [6.07, 6.45) is 2.70. The minimum atomic E-state index is -1.13. The number of hydrogen-bond donors (Lipinski definition) is 2. The first-order chi connectivity index (χ1) is 7.02. The Hall–Kier alpha value is -1.36. The molecule has 86 valence electrons. The summed E-state index contributed by atoms with van der Waals surface area (Å²) < 4.78 is 5.26. The Morgan fingerprint density at radius 1 is 1.40 bits per heavy atom. The van der Waals surface area contributed by atoms with Crippen LogP contribution in [0.3, 0.4) is 0 Å². The molecule has 2 N–H and O–H groups in total. The van der Waals surface area contributed by atoms with Crippen molar-refractivity contribution < 1.29 is 19.4 Å². The van der Waals surface area contributed by atoms with Crippen molar-refractivity contribution in [3.63, 3.8) is 0 Å². The van der Waals surface area contributed by atoms with Gasteiger partial charge in [-0.15, -0.1) is 0 Å². The Morgan fingerprint density at radius 2 is 2.07 bits per heavy atom. The number of nitrogens with one attached hydrogen (secondary N) is 1. The second-order valence-electron chi connectivity index (χ2n) is 3.24. The van der Waals surface area contributed by atoms with Crippen LogP contribution in [0.2, 0.25) is 0 Å². The van der Waals surface area contributed by atoms with E-state index in [0.29, 0.717) is 19.6 Å². The van der Waals surface area contributed by atoms with E-state index >= 15 is 0 Å². The van der Waals surface area contributed by atoms with E-state index in [1.54, 1.807) is 0 Å². The predicted octanol–water partition coefficient (Wildman–Crippen LogP) is 0.558. The topological polar surface area (TPSA) is 75.6 Å². The third-order valence-corrected chi connectivity index (χ3v) is 1.45. The van der Waals surface area contributed by atoms with Gasteiger partial charge >= 0.3 is 5.97 Å². The van der Waals surface area contributed by atoms with Crippen LogP contribution < -0.4 is 5.32 Å². The monoisotopic (exact) mass is 215 g/mol. The van der Waals surface area contributed by atoms with Gasteiger partial charge in [-0.05, 0) is 20.3 Å². The van der Waals surface area contributed by atoms with Crippen LogP contribution in [0.5, 0.6) is 0 Å². The second-order valence-corrected chi connectivity index (χ2v) is 3.24. The largest absolute Gasteiger partial charge is 0.478 e. The average molecular weight is 215 g/mol. The maximum absolute atomic E-state index is 10.9. The normalized spacial score (nSPS) is 10.9. The van der Waals surface area contributed by atoms with Crippen LogP contribution in [0.25, 0.3) is 0 Å². The summed E-state index contributed by atoms with van der Waals surface area (Å²) in [5.74, 6) is -1.53. The van der Waals surface area contributed by atoms with E-state index in [9.17, 15) is 9.59 Å². The Bertz CT molecular complexity index is 236. The highest BCUT2D eigenvalue weighted by atomic mass is 16.5. The van der Waals surface area contributed by atoms with Crippen LogP contribution in [0.4, 0.5) is 0 Å². The molecular weight excluding hydrogens is 198 g/mol. The van der Waals surface area contributed by atoms with Crippen molar-refractivity contribution in [3.05, 3.63) is 12.2 Å². The van der Waals surface area contributed by atoms with E-state index in [-0.39, 0.29) is 6.10 Å². The molecular formula is C10H17NO4. The third kappa shape index (κ3) is 10.6. The first-order valence-electron chi connectivity index (χ1n) is 4.83. The fourth-order valence-electron chi connectivity index (χ4n) is 0.809. The van der Waals surface area contributed by atoms with Gasteiger partial charge in [0.25, 0.3) is 0 Å². The lowest BCUT2D eigenvalue weighted by atomic mass is 10.4. The number of amides is 1. The number of hydrogen-bond acceptors (Lipinski definition) is 3. The molecule has 0 radical (unpaired) electrons. The van der Waals surface area contributed by atoms with E-state index in [4.69, 9.17) is 9.84 Å². The summed E-state index contributed by atoms with van der Waals surface area (Å²) in [7, 11) is 0. The fourth-order valence-corrected chi connectivity index (χ4v) is 0.809. The summed E-state index contributed by atoms with van der Waals surface area (Å²) in [6, 6.07) is 0. The van der Waals surface area contributed by atoms with Crippen molar-refractivity contribution in [1.82, 2.24) is 5.32 Å². The molecule has 0 spiro atoms. The summed E-state index contributed by atoms with van der Waals surface area (Å²) in [5.41, 5.74) is 0. The number of carbonyl (C=O) groups is 2. The van der Waals surface area contributed by atoms with E-state index in [2.05, 4.69) is 5.32 Å². The molecule has 0 aromatic rings. The number of carboxylic acids is 1. The van der Waals surface area contributed by atoms with E-state index in [1.165, 1.54) is 0 Å². The lowest BCUT2D eigenvalue weighted by Crippen LogP contribution is -2.23. The molecule has 0 saturated heterocycles. The van der Waals surface area contributed by atoms with Gasteiger partial charge in [0.1, 0.15) is 0 Å². The SMILES string of the molecule is CC(C)OCCCNC(=O)C=CC(=O)O. The third-order valence-electron chi connectivity index (χ3n) is 1.45. The highest BCUT2D eigenvalue weighted by Gasteiger charge is 1.97. The molecule has 0 atom stereocenters. The van der Waals surface area contributed by atoms with Crippen LogP contribution in [-0.4, -0.2) is 36.2 Å². The number of carbonyl (C=O) groups excluding carboxylic acids is 1. The Labute approximate surface area is 89.1 Å².